The first kappa shape index (κ1) is 17.0. The van der Waals surface area contributed by atoms with E-state index in [1.165, 1.54) is 4.90 Å². The van der Waals surface area contributed by atoms with Gasteiger partial charge in [0.2, 0.25) is 5.91 Å². The summed E-state index contributed by atoms with van der Waals surface area (Å²) in [6.07, 6.45) is 1.74. The van der Waals surface area contributed by atoms with Crippen LogP contribution < -0.4 is 10.1 Å². The molecule has 0 unspecified atom stereocenters. The highest BCUT2D eigenvalue weighted by Crippen LogP contribution is 2.48. The van der Waals surface area contributed by atoms with Crippen LogP contribution >= 0.6 is 0 Å². The first-order valence-corrected chi connectivity index (χ1v) is 8.31. The number of nitrogens with zero attached hydrogens (tertiary/aromatic N) is 1. The van der Waals surface area contributed by atoms with E-state index in [1.807, 2.05) is 30.3 Å². The quantitative estimate of drug-likeness (QED) is 0.881. The third-order valence-electron chi connectivity index (χ3n) is 4.48. The molecule has 1 aliphatic rings. The number of hydrogen-bond donors (Lipinski definition) is 1. The van der Waals surface area contributed by atoms with Crippen molar-refractivity contribution in [3.63, 3.8) is 0 Å². The van der Waals surface area contributed by atoms with Gasteiger partial charge in [0.25, 0.3) is 5.91 Å². The molecule has 0 saturated heterocycles. The van der Waals surface area contributed by atoms with Crippen molar-refractivity contribution in [2.45, 2.75) is 18.3 Å². The summed E-state index contributed by atoms with van der Waals surface area (Å²) in [4.78, 5) is 25.7. The maximum absolute atomic E-state index is 12.7. The maximum Gasteiger partial charge on any atom is 0.259 e. The van der Waals surface area contributed by atoms with E-state index in [-0.39, 0.29) is 18.4 Å². The second-order valence-corrected chi connectivity index (χ2v) is 6.50. The number of carbonyl (C=O) groups excluding carboxylic acids is 2. The Hall–Kier alpha value is -2.82. The lowest BCUT2D eigenvalue weighted by Crippen LogP contribution is -2.28. The lowest BCUT2D eigenvalue weighted by Gasteiger charge is -2.16. The summed E-state index contributed by atoms with van der Waals surface area (Å²) < 4.78 is 5.43. The molecule has 2 amide bonds. The Balaban J connectivity index is 1.60. The van der Waals surface area contributed by atoms with Gasteiger partial charge < -0.3 is 15.0 Å². The Bertz CT molecular complexity index is 750. The molecule has 0 heterocycles. The van der Waals surface area contributed by atoms with Crippen molar-refractivity contribution in [1.82, 2.24) is 4.90 Å². The second-order valence-electron chi connectivity index (χ2n) is 6.50. The van der Waals surface area contributed by atoms with Gasteiger partial charge in [0.05, 0.1) is 5.41 Å². The molecule has 0 atom stereocenters. The Kier molecular flexibility index (Phi) is 4.74. The minimum absolute atomic E-state index is 0.00414. The molecule has 1 fully saturated rings. The zero-order valence-corrected chi connectivity index (χ0v) is 14.5. The van der Waals surface area contributed by atoms with E-state index in [2.05, 4.69) is 5.32 Å². The fourth-order valence-corrected chi connectivity index (χ4v) is 2.69. The van der Waals surface area contributed by atoms with E-state index in [1.54, 1.807) is 38.4 Å². The first-order valence-electron chi connectivity index (χ1n) is 8.31. The van der Waals surface area contributed by atoms with Gasteiger partial charge in [0.15, 0.2) is 6.61 Å². The van der Waals surface area contributed by atoms with E-state index in [0.29, 0.717) is 5.75 Å². The molecular weight excluding hydrogens is 316 g/mol. The minimum atomic E-state index is -0.394. The SMILES string of the molecule is CN(C)C(=O)COc1ccc(NC(=O)C2(c3ccccc3)CC2)cc1. The van der Waals surface area contributed by atoms with Crippen molar-refractivity contribution in [2.75, 3.05) is 26.0 Å². The summed E-state index contributed by atoms with van der Waals surface area (Å²) in [6, 6.07) is 17.0. The molecule has 0 bridgehead atoms. The van der Waals surface area contributed by atoms with Crippen molar-refractivity contribution in [2.24, 2.45) is 0 Å². The Labute approximate surface area is 147 Å². The van der Waals surface area contributed by atoms with Gasteiger partial charge in [-0.25, -0.2) is 0 Å². The Morgan fingerprint density at radius 2 is 1.68 bits per heavy atom. The van der Waals surface area contributed by atoms with Crippen molar-refractivity contribution in [1.29, 1.82) is 0 Å². The zero-order chi connectivity index (χ0) is 17.9. The molecule has 25 heavy (non-hydrogen) atoms. The van der Waals surface area contributed by atoms with Crippen LogP contribution in [-0.4, -0.2) is 37.4 Å². The molecule has 1 N–H and O–H groups in total. The zero-order valence-electron chi connectivity index (χ0n) is 14.5. The number of amides is 2. The van der Waals surface area contributed by atoms with Crippen molar-refractivity contribution in [3.05, 3.63) is 60.2 Å². The molecule has 0 spiro atoms. The standard InChI is InChI=1S/C20H22N2O3/c1-22(2)18(23)14-25-17-10-8-16(9-11-17)21-19(24)20(12-13-20)15-6-4-3-5-7-15/h3-11H,12-14H2,1-2H3,(H,21,24). The highest BCUT2D eigenvalue weighted by atomic mass is 16.5. The molecule has 130 valence electrons. The average Bonchev–Trinajstić information content (AvgIpc) is 3.43. The summed E-state index contributed by atoms with van der Waals surface area (Å²) in [5, 5.41) is 2.98. The van der Waals surface area contributed by atoms with Gasteiger partial charge in [0, 0.05) is 19.8 Å². The first-order chi connectivity index (χ1) is 12.0. The monoisotopic (exact) mass is 338 g/mol. The lowest BCUT2D eigenvalue weighted by atomic mass is 9.95. The summed E-state index contributed by atoms with van der Waals surface area (Å²) in [6.45, 7) is -0.00414. The number of hydrogen-bond acceptors (Lipinski definition) is 3. The average molecular weight is 338 g/mol. The number of benzene rings is 2. The highest BCUT2D eigenvalue weighted by molar-refractivity contribution is 6.01. The molecule has 0 radical (unpaired) electrons. The maximum atomic E-state index is 12.7. The largest absolute Gasteiger partial charge is 0.484 e. The Morgan fingerprint density at radius 3 is 2.24 bits per heavy atom. The second kappa shape index (κ2) is 6.97. The van der Waals surface area contributed by atoms with Gasteiger partial charge in [-0.3, -0.25) is 9.59 Å². The third kappa shape index (κ3) is 3.82. The van der Waals surface area contributed by atoms with Gasteiger partial charge in [-0.2, -0.15) is 0 Å². The molecule has 5 nitrogen and oxygen atoms in total. The van der Waals surface area contributed by atoms with Gasteiger partial charge >= 0.3 is 0 Å². The van der Waals surface area contributed by atoms with Crippen LogP contribution in [0.3, 0.4) is 0 Å². The third-order valence-corrected chi connectivity index (χ3v) is 4.48. The van der Waals surface area contributed by atoms with Gasteiger partial charge in [0.1, 0.15) is 5.75 Å². The van der Waals surface area contributed by atoms with Crippen LogP contribution in [0.4, 0.5) is 5.69 Å². The summed E-state index contributed by atoms with van der Waals surface area (Å²) in [5.41, 5.74) is 1.39. The van der Waals surface area contributed by atoms with Crippen LogP contribution in [0.25, 0.3) is 0 Å². The van der Waals surface area contributed by atoms with E-state index >= 15 is 0 Å². The van der Waals surface area contributed by atoms with Crippen LogP contribution in [0.15, 0.2) is 54.6 Å². The van der Waals surface area contributed by atoms with E-state index in [9.17, 15) is 9.59 Å². The molecule has 5 heteroatoms. The number of nitrogens with one attached hydrogen (secondary N) is 1. The summed E-state index contributed by atoms with van der Waals surface area (Å²) in [5.74, 6) is 0.517. The highest BCUT2D eigenvalue weighted by Gasteiger charge is 2.51. The summed E-state index contributed by atoms with van der Waals surface area (Å²) in [7, 11) is 3.37. The molecule has 1 aliphatic carbocycles. The molecule has 2 aromatic rings. The number of likely N-dealkylation sites (N-methyl/N-ethyl adjacent to an activating group) is 1. The van der Waals surface area contributed by atoms with Crippen LogP contribution in [0.2, 0.25) is 0 Å². The lowest BCUT2D eigenvalue weighted by molar-refractivity contribution is -0.130. The Morgan fingerprint density at radius 1 is 1.04 bits per heavy atom. The number of ether oxygens (including phenoxy) is 1. The van der Waals surface area contributed by atoms with E-state index < -0.39 is 5.41 Å². The van der Waals surface area contributed by atoms with Crippen molar-refractivity contribution in [3.8, 4) is 5.75 Å². The predicted molar refractivity (Wildman–Crippen MR) is 96.6 cm³/mol. The van der Waals surface area contributed by atoms with Gasteiger partial charge in [-0.15, -0.1) is 0 Å². The van der Waals surface area contributed by atoms with Crippen molar-refractivity contribution >= 4 is 17.5 Å². The van der Waals surface area contributed by atoms with Crippen LogP contribution in [0.5, 0.6) is 5.75 Å². The minimum Gasteiger partial charge on any atom is -0.484 e. The van der Waals surface area contributed by atoms with Crippen molar-refractivity contribution < 1.29 is 14.3 Å². The summed E-state index contributed by atoms with van der Waals surface area (Å²) >= 11 is 0. The smallest absolute Gasteiger partial charge is 0.259 e. The normalized spacial score (nSPS) is 14.5. The molecule has 1 saturated carbocycles. The number of rotatable bonds is 6. The number of anilines is 1. The fraction of sp³-hybridized carbons (Fsp3) is 0.300. The van der Waals surface area contributed by atoms with Crippen LogP contribution in [0, 0.1) is 0 Å². The topological polar surface area (TPSA) is 58.6 Å². The molecular formula is C20H22N2O3. The van der Waals surface area contributed by atoms with E-state index in [0.717, 1.165) is 24.1 Å². The number of carbonyl (C=O) groups is 2. The molecule has 2 aromatic carbocycles. The van der Waals surface area contributed by atoms with Crippen LogP contribution in [-0.2, 0) is 15.0 Å². The molecule has 0 aromatic heterocycles. The molecule has 0 aliphatic heterocycles. The fourth-order valence-electron chi connectivity index (χ4n) is 2.69. The van der Waals surface area contributed by atoms with Gasteiger partial charge in [-0.05, 0) is 42.7 Å². The molecule has 3 rings (SSSR count). The van der Waals surface area contributed by atoms with Crippen LogP contribution in [0.1, 0.15) is 18.4 Å². The predicted octanol–water partition coefficient (Wildman–Crippen LogP) is 2.82. The van der Waals surface area contributed by atoms with Gasteiger partial charge in [-0.1, -0.05) is 30.3 Å². The van der Waals surface area contributed by atoms with E-state index in [4.69, 9.17) is 4.74 Å².